The van der Waals surface area contributed by atoms with Crippen LogP contribution in [0.5, 0.6) is 0 Å². The number of aliphatic imine (C=N–C) groups is 1. The largest absolute Gasteiger partial charge is 0.193 e. The molecule has 0 spiro atoms. The molecule has 0 aromatic heterocycles. The normalized spacial score (nSPS) is 8.91. The number of hydrogen-bond acceptors (Lipinski definition) is 2. The molecule has 4 heteroatoms. The first kappa shape index (κ1) is 8.69. The second kappa shape index (κ2) is 3.84. The Morgan fingerprint density at radius 2 is 2.09 bits per heavy atom. The Bertz CT molecular complexity index is 318. The highest BCUT2D eigenvalue weighted by Gasteiger charge is 1.97. The van der Waals surface area contributed by atoms with Crippen LogP contribution in [0.3, 0.4) is 0 Å². The molecule has 56 valence electrons. The van der Waals surface area contributed by atoms with E-state index in [2.05, 4.69) is 22.4 Å². The lowest BCUT2D eigenvalue weighted by molar-refractivity contribution is 1.55. The quantitative estimate of drug-likeness (QED) is 0.501. The molecule has 1 aromatic carbocycles. The van der Waals surface area contributed by atoms with E-state index in [1.54, 1.807) is 18.2 Å². The number of halogens is 2. The molecular weight excluding hydrogens is 201 g/mol. The Hall–Kier alpha value is -0.400. The Kier molecular flexibility index (Phi) is 3.03. The minimum atomic E-state index is 0.520. The topological polar surface area (TPSA) is 12.4 Å². The van der Waals surface area contributed by atoms with Gasteiger partial charge in [0, 0.05) is 5.02 Å². The molecule has 0 N–H and O–H groups in total. The molecule has 11 heavy (non-hydrogen) atoms. The van der Waals surface area contributed by atoms with Crippen LogP contribution >= 0.6 is 35.4 Å². The molecule has 0 atom stereocenters. The lowest BCUT2D eigenvalue weighted by atomic mass is 10.3. The van der Waals surface area contributed by atoms with E-state index < -0.39 is 0 Å². The van der Waals surface area contributed by atoms with Crippen LogP contribution in [0.25, 0.3) is 0 Å². The van der Waals surface area contributed by atoms with Crippen LogP contribution in [0.15, 0.2) is 23.2 Å². The van der Waals surface area contributed by atoms with Crippen LogP contribution in [0.4, 0.5) is 5.69 Å². The molecule has 0 heterocycles. The van der Waals surface area contributed by atoms with Crippen molar-refractivity contribution in [1.29, 1.82) is 0 Å². The minimum absolute atomic E-state index is 0.520. The van der Waals surface area contributed by atoms with Gasteiger partial charge in [0.05, 0.1) is 15.9 Å². The molecule has 0 fully saturated rings. The number of isothiocyanates is 1. The number of hydrogen-bond donors (Lipinski definition) is 0. The summed E-state index contributed by atoms with van der Waals surface area (Å²) in [6.45, 7) is 0. The van der Waals surface area contributed by atoms with Crippen LogP contribution in [-0.4, -0.2) is 5.16 Å². The Labute approximate surface area is 79.7 Å². The predicted octanol–water partition coefficient (Wildman–Crippen LogP) is 3.73. The Morgan fingerprint density at radius 3 is 2.73 bits per heavy atom. The molecular formula is C7H3Cl2NS. The number of benzene rings is 1. The van der Waals surface area contributed by atoms with E-state index >= 15 is 0 Å². The first-order valence-electron chi connectivity index (χ1n) is 2.77. The van der Waals surface area contributed by atoms with Gasteiger partial charge in [-0.05, 0) is 30.4 Å². The van der Waals surface area contributed by atoms with Gasteiger partial charge in [0.2, 0.25) is 0 Å². The fourth-order valence-electron chi connectivity index (χ4n) is 0.621. The van der Waals surface area contributed by atoms with Crippen molar-refractivity contribution >= 4 is 46.3 Å². The molecule has 0 aliphatic rings. The molecule has 0 bridgehead atoms. The Balaban J connectivity index is 3.22. The van der Waals surface area contributed by atoms with Gasteiger partial charge in [-0.15, -0.1) is 0 Å². The second-order valence-electron chi connectivity index (χ2n) is 1.80. The van der Waals surface area contributed by atoms with Crippen molar-refractivity contribution in [2.24, 2.45) is 4.99 Å². The molecule has 0 saturated heterocycles. The highest BCUT2D eigenvalue weighted by atomic mass is 35.5. The van der Waals surface area contributed by atoms with Crippen molar-refractivity contribution in [3.8, 4) is 0 Å². The zero-order valence-electron chi connectivity index (χ0n) is 5.34. The van der Waals surface area contributed by atoms with Gasteiger partial charge in [-0.2, -0.15) is 4.99 Å². The van der Waals surface area contributed by atoms with Gasteiger partial charge in [-0.3, -0.25) is 0 Å². The summed E-state index contributed by atoms with van der Waals surface area (Å²) in [5, 5.41) is 3.32. The SMILES string of the molecule is S=C=Nc1cc(Cl)ccc1Cl. The fraction of sp³-hybridized carbons (Fsp3) is 0. The third-order valence-corrected chi connectivity index (χ3v) is 1.72. The average molecular weight is 204 g/mol. The highest BCUT2D eigenvalue weighted by Crippen LogP contribution is 2.27. The van der Waals surface area contributed by atoms with Crippen molar-refractivity contribution in [1.82, 2.24) is 0 Å². The molecule has 0 aliphatic carbocycles. The lowest BCUT2D eigenvalue weighted by Gasteiger charge is -1.94. The third kappa shape index (κ3) is 2.28. The van der Waals surface area contributed by atoms with E-state index in [1.165, 1.54) is 0 Å². The summed E-state index contributed by atoms with van der Waals surface area (Å²) in [5.41, 5.74) is 0.550. The number of thiocarbonyl (C=S) groups is 1. The maximum absolute atomic E-state index is 5.74. The number of rotatable bonds is 1. The average Bonchev–Trinajstić information content (AvgIpc) is 1.98. The molecule has 1 aromatic rings. The number of nitrogens with zero attached hydrogens (tertiary/aromatic N) is 1. The summed E-state index contributed by atoms with van der Waals surface area (Å²) >= 11 is 15.8. The Morgan fingerprint density at radius 1 is 1.36 bits per heavy atom. The van der Waals surface area contributed by atoms with E-state index in [4.69, 9.17) is 23.2 Å². The summed E-state index contributed by atoms with van der Waals surface area (Å²) in [6, 6.07) is 4.98. The van der Waals surface area contributed by atoms with E-state index in [0.29, 0.717) is 15.7 Å². The summed E-state index contributed by atoms with van der Waals surface area (Å²) in [6.07, 6.45) is 0. The summed E-state index contributed by atoms with van der Waals surface area (Å²) in [5.74, 6) is 0. The van der Waals surface area contributed by atoms with E-state index in [1.807, 2.05) is 0 Å². The zero-order valence-corrected chi connectivity index (χ0v) is 7.67. The van der Waals surface area contributed by atoms with Gasteiger partial charge < -0.3 is 0 Å². The van der Waals surface area contributed by atoms with Gasteiger partial charge in [0.1, 0.15) is 0 Å². The molecule has 0 amide bonds. The maximum atomic E-state index is 5.74. The van der Waals surface area contributed by atoms with E-state index in [0.717, 1.165) is 0 Å². The smallest absolute Gasteiger partial charge is 0.0940 e. The molecule has 0 radical (unpaired) electrons. The van der Waals surface area contributed by atoms with Crippen LogP contribution < -0.4 is 0 Å². The molecule has 0 unspecified atom stereocenters. The minimum Gasteiger partial charge on any atom is -0.193 e. The molecule has 0 aliphatic heterocycles. The first-order chi connectivity index (χ1) is 5.24. The highest BCUT2D eigenvalue weighted by molar-refractivity contribution is 7.78. The standard InChI is InChI=1S/C7H3Cl2NS/c8-5-1-2-6(9)7(3-5)10-4-11/h1-3H. The third-order valence-electron chi connectivity index (χ3n) is 1.07. The van der Waals surface area contributed by atoms with Crippen LogP contribution in [0.2, 0.25) is 10.0 Å². The van der Waals surface area contributed by atoms with Crippen molar-refractivity contribution in [2.45, 2.75) is 0 Å². The van der Waals surface area contributed by atoms with Crippen molar-refractivity contribution in [2.75, 3.05) is 0 Å². The van der Waals surface area contributed by atoms with Gasteiger partial charge >= 0.3 is 0 Å². The summed E-state index contributed by atoms with van der Waals surface area (Å²) in [7, 11) is 0. The van der Waals surface area contributed by atoms with Crippen molar-refractivity contribution in [3.05, 3.63) is 28.2 Å². The monoisotopic (exact) mass is 203 g/mol. The maximum Gasteiger partial charge on any atom is 0.0940 e. The zero-order chi connectivity index (χ0) is 8.27. The van der Waals surface area contributed by atoms with Crippen LogP contribution in [0, 0.1) is 0 Å². The molecule has 1 nitrogen and oxygen atoms in total. The van der Waals surface area contributed by atoms with Crippen molar-refractivity contribution < 1.29 is 0 Å². The molecule has 1 rings (SSSR count). The van der Waals surface area contributed by atoms with Gasteiger partial charge in [0.15, 0.2) is 0 Å². The van der Waals surface area contributed by atoms with Gasteiger partial charge in [-0.1, -0.05) is 23.2 Å². The lowest BCUT2D eigenvalue weighted by Crippen LogP contribution is -1.67. The van der Waals surface area contributed by atoms with Crippen LogP contribution in [-0.2, 0) is 0 Å². The first-order valence-corrected chi connectivity index (χ1v) is 3.93. The summed E-state index contributed by atoms with van der Waals surface area (Å²) < 4.78 is 0. The predicted molar refractivity (Wildman–Crippen MR) is 51.1 cm³/mol. The fourth-order valence-corrected chi connectivity index (χ4v) is 1.05. The van der Waals surface area contributed by atoms with Crippen LogP contribution in [0.1, 0.15) is 0 Å². The van der Waals surface area contributed by atoms with E-state index in [9.17, 15) is 0 Å². The summed E-state index contributed by atoms with van der Waals surface area (Å²) in [4.78, 5) is 3.72. The van der Waals surface area contributed by atoms with E-state index in [-0.39, 0.29) is 0 Å². The molecule has 0 saturated carbocycles. The van der Waals surface area contributed by atoms with Crippen molar-refractivity contribution in [3.63, 3.8) is 0 Å². The van der Waals surface area contributed by atoms with Gasteiger partial charge in [-0.25, -0.2) is 0 Å². The second-order valence-corrected chi connectivity index (χ2v) is 2.83. The van der Waals surface area contributed by atoms with Gasteiger partial charge in [0.25, 0.3) is 0 Å².